The van der Waals surface area contributed by atoms with Crippen LogP contribution in [0.4, 0.5) is 0 Å². The molecule has 1 fully saturated rings. The van der Waals surface area contributed by atoms with E-state index in [0.29, 0.717) is 12.0 Å². The summed E-state index contributed by atoms with van der Waals surface area (Å²) in [6.07, 6.45) is 1.08. The Morgan fingerprint density at radius 3 is 2.77 bits per heavy atom. The molecule has 0 aromatic heterocycles. The van der Waals surface area contributed by atoms with E-state index in [0.717, 1.165) is 37.6 Å². The van der Waals surface area contributed by atoms with Crippen molar-refractivity contribution in [2.24, 2.45) is 5.92 Å². The Morgan fingerprint density at radius 1 is 1.36 bits per heavy atom. The maximum Gasteiger partial charge on any atom is 0.237 e. The van der Waals surface area contributed by atoms with Gasteiger partial charge in [0.2, 0.25) is 5.91 Å². The smallest absolute Gasteiger partial charge is 0.237 e. The van der Waals surface area contributed by atoms with Crippen molar-refractivity contribution in [3.8, 4) is 0 Å². The van der Waals surface area contributed by atoms with E-state index in [2.05, 4.69) is 24.8 Å². The Labute approximate surface area is 143 Å². The summed E-state index contributed by atoms with van der Waals surface area (Å²) in [6, 6.07) is 8.38. The van der Waals surface area contributed by atoms with Crippen LogP contribution >= 0.6 is 23.2 Å². The van der Waals surface area contributed by atoms with Gasteiger partial charge in [-0.1, -0.05) is 37.6 Å². The Morgan fingerprint density at radius 2 is 2.14 bits per heavy atom. The van der Waals surface area contributed by atoms with Crippen LogP contribution in [0.15, 0.2) is 24.3 Å². The molecular weight excluding hydrogens is 319 g/mol. The Kier molecular flexibility index (Phi) is 6.54. The van der Waals surface area contributed by atoms with Gasteiger partial charge in [0.1, 0.15) is 5.88 Å². The highest BCUT2D eigenvalue weighted by Gasteiger charge is 2.29. The third-order valence-corrected chi connectivity index (χ3v) is 4.55. The average molecular weight is 343 g/mol. The summed E-state index contributed by atoms with van der Waals surface area (Å²) in [5.41, 5.74) is 1.22. The quantitative estimate of drug-likeness (QED) is 0.762. The predicted molar refractivity (Wildman–Crippen MR) is 92.4 cm³/mol. The van der Waals surface area contributed by atoms with Crippen molar-refractivity contribution in [1.29, 1.82) is 0 Å². The van der Waals surface area contributed by atoms with Crippen LogP contribution in [-0.4, -0.2) is 47.3 Å². The SMILES string of the molecule is CC(C)CC1CN(C(=O)CCl)CCN1Cc1cccc(Cl)c1. The van der Waals surface area contributed by atoms with Crippen LogP contribution in [-0.2, 0) is 11.3 Å². The van der Waals surface area contributed by atoms with E-state index in [9.17, 15) is 4.79 Å². The summed E-state index contributed by atoms with van der Waals surface area (Å²) in [5.74, 6) is 0.707. The molecule has 2 rings (SSSR count). The normalized spacial score (nSPS) is 19.7. The summed E-state index contributed by atoms with van der Waals surface area (Å²) in [4.78, 5) is 16.2. The van der Waals surface area contributed by atoms with Crippen molar-refractivity contribution in [2.75, 3.05) is 25.5 Å². The van der Waals surface area contributed by atoms with Gasteiger partial charge in [-0.2, -0.15) is 0 Å². The van der Waals surface area contributed by atoms with E-state index in [1.54, 1.807) is 0 Å². The number of piperazine rings is 1. The van der Waals surface area contributed by atoms with Crippen molar-refractivity contribution in [1.82, 2.24) is 9.80 Å². The van der Waals surface area contributed by atoms with Gasteiger partial charge in [0.25, 0.3) is 0 Å². The predicted octanol–water partition coefficient (Wildman–Crippen LogP) is 3.64. The highest BCUT2D eigenvalue weighted by atomic mass is 35.5. The molecule has 1 amide bonds. The minimum atomic E-state index is 0.0397. The van der Waals surface area contributed by atoms with Gasteiger partial charge in [-0.15, -0.1) is 11.6 Å². The minimum absolute atomic E-state index is 0.0397. The fourth-order valence-corrected chi connectivity index (χ4v) is 3.43. The molecule has 0 bridgehead atoms. The lowest BCUT2D eigenvalue weighted by atomic mass is 9.99. The molecule has 1 unspecified atom stereocenters. The number of benzene rings is 1. The van der Waals surface area contributed by atoms with E-state index in [1.807, 2.05) is 23.1 Å². The maximum absolute atomic E-state index is 11.9. The van der Waals surface area contributed by atoms with Crippen LogP contribution in [0.1, 0.15) is 25.8 Å². The molecule has 1 atom stereocenters. The van der Waals surface area contributed by atoms with Gasteiger partial charge < -0.3 is 4.90 Å². The molecule has 1 aromatic rings. The fourth-order valence-electron chi connectivity index (χ4n) is 3.05. The zero-order chi connectivity index (χ0) is 16.1. The second-order valence-corrected chi connectivity index (χ2v) is 7.06. The Hall–Kier alpha value is -0.770. The van der Waals surface area contributed by atoms with E-state index < -0.39 is 0 Å². The second-order valence-electron chi connectivity index (χ2n) is 6.36. The fraction of sp³-hybridized carbons (Fsp3) is 0.588. The summed E-state index contributed by atoms with van der Waals surface area (Å²) in [5, 5.41) is 0.772. The number of alkyl halides is 1. The monoisotopic (exact) mass is 342 g/mol. The molecule has 0 radical (unpaired) electrons. The summed E-state index contributed by atoms with van der Waals surface area (Å²) < 4.78 is 0. The first-order valence-corrected chi connectivity index (χ1v) is 8.73. The van der Waals surface area contributed by atoms with Crippen molar-refractivity contribution >= 4 is 29.1 Å². The lowest BCUT2D eigenvalue weighted by Crippen LogP contribution is -2.55. The van der Waals surface area contributed by atoms with Crippen LogP contribution in [0.2, 0.25) is 5.02 Å². The van der Waals surface area contributed by atoms with E-state index in [-0.39, 0.29) is 11.8 Å². The summed E-state index contributed by atoms with van der Waals surface area (Å²) >= 11 is 11.8. The van der Waals surface area contributed by atoms with Gasteiger partial charge in [0.15, 0.2) is 0 Å². The lowest BCUT2D eigenvalue weighted by molar-refractivity contribution is -0.131. The summed E-state index contributed by atoms with van der Waals surface area (Å²) in [6.45, 7) is 7.72. The second kappa shape index (κ2) is 8.19. The number of carbonyl (C=O) groups is 1. The van der Waals surface area contributed by atoms with E-state index in [1.165, 1.54) is 5.56 Å². The van der Waals surface area contributed by atoms with E-state index in [4.69, 9.17) is 23.2 Å². The maximum atomic E-state index is 11.9. The van der Waals surface area contributed by atoms with Gasteiger partial charge in [-0.25, -0.2) is 0 Å². The molecule has 1 aromatic carbocycles. The van der Waals surface area contributed by atoms with Crippen LogP contribution in [0.5, 0.6) is 0 Å². The minimum Gasteiger partial charge on any atom is -0.339 e. The molecule has 0 saturated carbocycles. The Bertz CT molecular complexity index is 507. The highest BCUT2D eigenvalue weighted by molar-refractivity contribution is 6.30. The third-order valence-electron chi connectivity index (χ3n) is 4.09. The molecule has 0 spiro atoms. The van der Waals surface area contributed by atoms with Crippen LogP contribution < -0.4 is 0 Å². The standard InChI is InChI=1S/C17H24Cl2N2O/c1-13(2)8-16-12-21(17(22)10-18)7-6-20(16)11-14-4-3-5-15(19)9-14/h3-5,9,13,16H,6-8,10-12H2,1-2H3. The number of amides is 1. The van der Waals surface area contributed by atoms with Crippen LogP contribution in [0, 0.1) is 5.92 Å². The molecule has 1 aliphatic heterocycles. The molecule has 5 heteroatoms. The first-order valence-electron chi connectivity index (χ1n) is 7.82. The largest absolute Gasteiger partial charge is 0.339 e. The number of rotatable bonds is 5. The molecule has 1 heterocycles. The first kappa shape index (κ1) is 17.6. The lowest BCUT2D eigenvalue weighted by Gasteiger charge is -2.42. The first-order chi connectivity index (χ1) is 10.5. The molecular formula is C17H24Cl2N2O. The molecule has 0 aliphatic carbocycles. The van der Waals surface area contributed by atoms with Crippen molar-refractivity contribution in [3.63, 3.8) is 0 Å². The van der Waals surface area contributed by atoms with Crippen LogP contribution in [0.3, 0.4) is 0 Å². The molecule has 0 N–H and O–H groups in total. The van der Waals surface area contributed by atoms with Gasteiger partial charge in [0, 0.05) is 37.2 Å². The number of halogens is 2. The molecule has 1 aliphatic rings. The van der Waals surface area contributed by atoms with Gasteiger partial charge >= 0.3 is 0 Å². The average Bonchev–Trinajstić information content (AvgIpc) is 2.47. The number of carbonyl (C=O) groups excluding carboxylic acids is 1. The zero-order valence-corrected chi connectivity index (χ0v) is 14.8. The van der Waals surface area contributed by atoms with E-state index >= 15 is 0 Å². The number of hydrogen-bond acceptors (Lipinski definition) is 2. The molecule has 3 nitrogen and oxygen atoms in total. The van der Waals surface area contributed by atoms with Crippen molar-refractivity contribution in [2.45, 2.75) is 32.9 Å². The number of hydrogen-bond donors (Lipinski definition) is 0. The molecule has 22 heavy (non-hydrogen) atoms. The van der Waals surface area contributed by atoms with Crippen molar-refractivity contribution in [3.05, 3.63) is 34.9 Å². The highest BCUT2D eigenvalue weighted by Crippen LogP contribution is 2.21. The molecule has 122 valence electrons. The molecule has 1 saturated heterocycles. The summed E-state index contributed by atoms with van der Waals surface area (Å²) in [7, 11) is 0. The van der Waals surface area contributed by atoms with Crippen molar-refractivity contribution < 1.29 is 4.79 Å². The zero-order valence-electron chi connectivity index (χ0n) is 13.3. The number of nitrogens with zero attached hydrogens (tertiary/aromatic N) is 2. The van der Waals surface area contributed by atoms with Gasteiger partial charge in [-0.05, 0) is 30.0 Å². The Balaban J connectivity index is 2.06. The third kappa shape index (κ3) is 4.87. The van der Waals surface area contributed by atoms with Crippen LogP contribution in [0.25, 0.3) is 0 Å². The topological polar surface area (TPSA) is 23.6 Å². The van der Waals surface area contributed by atoms with Gasteiger partial charge in [-0.3, -0.25) is 9.69 Å². The van der Waals surface area contributed by atoms with Gasteiger partial charge in [0.05, 0.1) is 0 Å².